The molecule has 3 heteroatoms. The van der Waals surface area contributed by atoms with Gasteiger partial charge in [0, 0.05) is 17.5 Å². The van der Waals surface area contributed by atoms with Gasteiger partial charge in [-0.25, -0.2) is 0 Å². The van der Waals surface area contributed by atoms with Crippen molar-refractivity contribution in [2.75, 3.05) is 0 Å². The molecule has 0 spiro atoms. The van der Waals surface area contributed by atoms with E-state index in [2.05, 4.69) is 0 Å². The summed E-state index contributed by atoms with van der Waals surface area (Å²) in [5, 5.41) is 0. The highest BCUT2D eigenvalue weighted by Gasteiger charge is 2.17. The van der Waals surface area contributed by atoms with Crippen molar-refractivity contribution in [1.29, 1.82) is 0 Å². The van der Waals surface area contributed by atoms with E-state index in [1.807, 2.05) is 0 Å². The highest BCUT2D eigenvalue weighted by molar-refractivity contribution is 6.00. The molecule has 1 aliphatic carbocycles. The quantitative estimate of drug-likeness (QED) is 0.723. The summed E-state index contributed by atoms with van der Waals surface area (Å²) in [6.45, 7) is 0. The standard InChI is InChI=1S/C11H11NO2/c12-11(14)8-4-5-9-7(6-8)2-1-3-10(9)13/h4-6H,1-3H2,(H2,12,14). The predicted molar refractivity (Wildman–Crippen MR) is 52.2 cm³/mol. The second-order valence-electron chi connectivity index (χ2n) is 3.51. The first-order chi connectivity index (χ1) is 6.68. The summed E-state index contributed by atoms with van der Waals surface area (Å²) in [5.41, 5.74) is 7.35. The highest BCUT2D eigenvalue weighted by atomic mass is 16.1. The molecule has 1 amide bonds. The Morgan fingerprint density at radius 2 is 2.07 bits per heavy atom. The first-order valence-corrected chi connectivity index (χ1v) is 4.64. The molecule has 0 fully saturated rings. The number of hydrogen-bond donors (Lipinski definition) is 1. The fourth-order valence-corrected chi connectivity index (χ4v) is 1.80. The Morgan fingerprint density at radius 3 is 2.79 bits per heavy atom. The molecule has 0 radical (unpaired) electrons. The minimum absolute atomic E-state index is 0.169. The van der Waals surface area contributed by atoms with Crippen LogP contribution in [0.4, 0.5) is 0 Å². The zero-order valence-electron chi connectivity index (χ0n) is 7.75. The van der Waals surface area contributed by atoms with Gasteiger partial charge in [0.05, 0.1) is 0 Å². The summed E-state index contributed by atoms with van der Waals surface area (Å²) < 4.78 is 0. The maximum Gasteiger partial charge on any atom is 0.248 e. The van der Waals surface area contributed by atoms with E-state index in [-0.39, 0.29) is 5.78 Å². The molecule has 72 valence electrons. The lowest BCUT2D eigenvalue weighted by Gasteiger charge is -2.14. The third kappa shape index (κ3) is 1.41. The normalized spacial score (nSPS) is 15.0. The van der Waals surface area contributed by atoms with Crippen molar-refractivity contribution >= 4 is 11.7 Å². The Morgan fingerprint density at radius 1 is 1.29 bits per heavy atom. The Balaban J connectivity index is 2.49. The van der Waals surface area contributed by atoms with Gasteiger partial charge in [0.15, 0.2) is 5.78 Å². The zero-order chi connectivity index (χ0) is 10.1. The number of aryl methyl sites for hydroxylation is 1. The molecule has 0 atom stereocenters. The monoisotopic (exact) mass is 189 g/mol. The summed E-state index contributed by atoms with van der Waals surface area (Å²) in [4.78, 5) is 22.4. The fourth-order valence-electron chi connectivity index (χ4n) is 1.80. The summed E-state index contributed by atoms with van der Waals surface area (Å²) in [6, 6.07) is 5.05. The van der Waals surface area contributed by atoms with Crippen molar-refractivity contribution in [1.82, 2.24) is 0 Å². The van der Waals surface area contributed by atoms with Crippen LogP contribution >= 0.6 is 0 Å². The molecule has 0 heterocycles. The van der Waals surface area contributed by atoms with Crippen molar-refractivity contribution < 1.29 is 9.59 Å². The zero-order valence-corrected chi connectivity index (χ0v) is 7.75. The summed E-state index contributed by atoms with van der Waals surface area (Å²) in [6.07, 6.45) is 2.35. The van der Waals surface area contributed by atoms with Gasteiger partial charge >= 0.3 is 0 Å². The second-order valence-corrected chi connectivity index (χ2v) is 3.51. The molecule has 0 saturated carbocycles. The number of rotatable bonds is 1. The molecule has 0 saturated heterocycles. The van der Waals surface area contributed by atoms with Gasteiger partial charge in [-0.2, -0.15) is 0 Å². The lowest BCUT2D eigenvalue weighted by molar-refractivity contribution is 0.0967. The third-order valence-corrected chi connectivity index (χ3v) is 2.54. The summed E-state index contributed by atoms with van der Waals surface area (Å²) in [5.74, 6) is -0.270. The molecular weight excluding hydrogens is 178 g/mol. The van der Waals surface area contributed by atoms with Crippen LogP contribution in [0, 0.1) is 0 Å². The minimum atomic E-state index is -0.439. The SMILES string of the molecule is NC(=O)c1ccc2c(c1)CCCC2=O. The van der Waals surface area contributed by atoms with Gasteiger partial charge in [-0.05, 0) is 30.5 Å². The molecule has 3 nitrogen and oxygen atoms in total. The van der Waals surface area contributed by atoms with Crippen LogP contribution in [0.1, 0.15) is 39.1 Å². The molecule has 2 rings (SSSR count). The minimum Gasteiger partial charge on any atom is -0.366 e. The van der Waals surface area contributed by atoms with E-state index in [4.69, 9.17) is 5.73 Å². The largest absolute Gasteiger partial charge is 0.366 e. The van der Waals surface area contributed by atoms with E-state index in [9.17, 15) is 9.59 Å². The van der Waals surface area contributed by atoms with Crippen LogP contribution < -0.4 is 5.73 Å². The Hall–Kier alpha value is -1.64. The van der Waals surface area contributed by atoms with Crippen LogP contribution in [0.15, 0.2) is 18.2 Å². The van der Waals surface area contributed by atoms with Crippen LogP contribution in [0.5, 0.6) is 0 Å². The Labute approximate surface area is 81.9 Å². The van der Waals surface area contributed by atoms with Crippen LogP contribution in [0.2, 0.25) is 0 Å². The number of Topliss-reactive ketones (excluding diaryl/α,β-unsaturated/α-hetero) is 1. The number of primary amides is 1. The number of ketones is 1. The molecule has 1 aromatic rings. The fraction of sp³-hybridized carbons (Fsp3) is 0.273. The van der Waals surface area contributed by atoms with E-state index in [0.717, 1.165) is 24.0 Å². The molecule has 14 heavy (non-hydrogen) atoms. The Kier molecular flexibility index (Phi) is 2.08. The van der Waals surface area contributed by atoms with Crippen molar-refractivity contribution in [2.24, 2.45) is 5.73 Å². The lowest BCUT2D eigenvalue weighted by atomic mass is 9.89. The van der Waals surface area contributed by atoms with Gasteiger partial charge in [0.1, 0.15) is 0 Å². The van der Waals surface area contributed by atoms with E-state index >= 15 is 0 Å². The van der Waals surface area contributed by atoms with Crippen LogP contribution in [-0.4, -0.2) is 11.7 Å². The van der Waals surface area contributed by atoms with Gasteiger partial charge in [0.2, 0.25) is 5.91 Å². The Bertz CT molecular complexity index is 410. The smallest absolute Gasteiger partial charge is 0.248 e. The first-order valence-electron chi connectivity index (χ1n) is 4.64. The number of benzene rings is 1. The van der Waals surface area contributed by atoms with Gasteiger partial charge in [-0.15, -0.1) is 0 Å². The van der Waals surface area contributed by atoms with E-state index < -0.39 is 5.91 Å². The second kappa shape index (κ2) is 3.25. The number of fused-ring (bicyclic) bond motifs is 1. The van der Waals surface area contributed by atoms with E-state index in [1.54, 1.807) is 18.2 Å². The maximum atomic E-state index is 11.5. The number of amides is 1. The van der Waals surface area contributed by atoms with Gasteiger partial charge in [-0.1, -0.05) is 6.07 Å². The molecule has 2 N–H and O–H groups in total. The average Bonchev–Trinajstić information content (AvgIpc) is 2.17. The summed E-state index contributed by atoms with van der Waals surface area (Å²) >= 11 is 0. The van der Waals surface area contributed by atoms with Crippen molar-refractivity contribution in [2.45, 2.75) is 19.3 Å². The van der Waals surface area contributed by atoms with Crippen LogP contribution in [0.3, 0.4) is 0 Å². The van der Waals surface area contributed by atoms with Gasteiger partial charge in [0.25, 0.3) is 0 Å². The topological polar surface area (TPSA) is 60.2 Å². The average molecular weight is 189 g/mol. The van der Waals surface area contributed by atoms with Gasteiger partial charge in [-0.3, -0.25) is 9.59 Å². The number of hydrogen-bond acceptors (Lipinski definition) is 2. The van der Waals surface area contributed by atoms with Crippen LogP contribution in [0.25, 0.3) is 0 Å². The number of nitrogens with two attached hydrogens (primary N) is 1. The summed E-state index contributed by atoms with van der Waals surface area (Å²) in [7, 11) is 0. The third-order valence-electron chi connectivity index (χ3n) is 2.54. The molecular formula is C11H11NO2. The van der Waals surface area contributed by atoms with Crippen LogP contribution in [-0.2, 0) is 6.42 Å². The molecule has 0 aliphatic heterocycles. The number of carbonyl (C=O) groups is 2. The van der Waals surface area contributed by atoms with Crippen molar-refractivity contribution in [3.05, 3.63) is 34.9 Å². The van der Waals surface area contributed by atoms with Crippen molar-refractivity contribution in [3.8, 4) is 0 Å². The molecule has 0 unspecified atom stereocenters. The highest BCUT2D eigenvalue weighted by Crippen LogP contribution is 2.22. The number of carbonyl (C=O) groups excluding carboxylic acids is 2. The molecule has 0 bridgehead atoms. The lowest BCUT2D eigenvalue weighted by Crippen LogP contribution is -2.15. The van der Waals surface area contributed by atoms with Gasteiger partial charge < -0.3 is 5.73 Å². The molecule has 0 aromatic heterocycles. The molecule has 1 aliphatic rings. The maximum absolute atomic E-state index is 11.5. The van der Waals surface area contributed by atoms with E-state index in [1.165, 1.54) is 0 Å². The van der Waals surface area contributed by atoms with Crippen molar-refractivity contribution in [3.63, 3.8) is 0 Å². The first kappa shape index (κ1) is 8.94. The van der Waals surface area contributed by atoms with E-state index in [0.29, 0.717) is 12.0 Å². The predicted octanol–water partition coefficient (Wildman–Crippen LogP) is 1.30. The molecule has 1 aromatic carbocycles.